The average molecular weight is 282 g/mol. The van der Waals surface area contributed by atoms with Crippen LogP contribution in [0, 0.1) is 0 Å². The molecule has 0 bridgehead atoms. The second-order valence-electron chi connectivity index (χ2n) is 5.23. The number of carbonyl (C=O) groups excluding carboxylic acids is 1. The summed E-state index contributed by atoms with van der Waals surface area (Å²) in [6.45, 7) is 5.28. The lowest BCUT2D eigenvalue weighted by Gasteiger charge is -2.25. The van der Waals surface area contributed by atoms with Gasteiger partial charge in [0, 0.05) is 18.8 Å². The van der Waals surface area contributed by atoms with Gasteiger partial charge in [0.2, 0.25) is 5.91 Å². The minimum absolute atomic E-state index is 0.131. The van der Waals surface area contributed by atoms with Gasteiger partial charge in [-0.25, -0.2) is 0 Å². The highest BCUT2D eigenvalue weighted by atomic mass is 16.2. The topological polar surface area (TPSA) is 46.3 Å². The van der Waals surface area contributed by atoms with Gasteiger partial charge in [0.1, 0.15) is 0 Å². The zero-order chi connectivity index (χ0) is 15.2. The van der Waals surface area contributed by atoms with Gasteiger partial charge in [-0.15, -0.1) is 0 Å². The van der Waals surface area contributed by atoms with E-state index >= 15 is 0 Å². The van der Waals surface area contributed by atoms with Crippen molar-refractivity contribution in [1.29, 1.82) is 0 Å². The lowest BCUT2D eigenvalue weighted by Crippen LogP contribution is -2.33. The average Bonchev–Trinajstić information content (AvgIpc) is 2.52. The van der Waals surface area contributed by atoms with Gasteiger partial charge < -0.3 is 10.6 Å². The van der Waals surface area contributed by atoms with Crippen molar-refractivity contribution in [1.82, 2.24) is 4.90 Å². The predicted molar refractivity (Wildman–Crippen MR) is 86.8 cm³/mol. The molecule has 0 aliphatic heterocycles. The van der Waals surface area contributed by atoms with Crippen LogP contribution in [0.2, 0.25) is 0 Å². The van der Waals surface area contributed by atoms with Crippen LogP contribution in [-0.2, 0) is 11.3 Å². The van der Waals surface area contributed by atoms with Crippen LogP contribution in [0.25, 0.3) is 0 Å². The van der Waals surface area contributed by atoms with Gasteiger partial charge in [-0.1, -0.05) is 42.5 Å². The molecule has 0 heterocycles. The van der Waals surface area contributed by atoms with Crippen molar-refractivity contribution >= 4 is 11.6 Å². The summed E-state index contributed by atoms with van der Waals surface area (Å²) in [4.78, 5) is 14.6. The van der Waals surface area contributed by atoms with E-state index in [4.69, 9.17) is 5.73 Å². The summed E-state index contributed by atoms with van der Waals surface area (Å²) in [6.07, 6.45) is 0. The molecule has 3 heteroatoms. The van der Waals surface area contributed by atoms with Gasteiger partial charge >= 0.3 is 0 Å². The Balaban J connectivity index is 2.12. The summed E-state index contributed by atoms with van der Waals surface area (Å²) in [5.41, 5.74) is 8.61. The zero-order valence-electron chi connectivity index (χ0n) is 12.6. The van der Waals surface area contributed by atoms with Crippen molar-refractivity contribution in [3.05, 3.63) is 65.7 Å². The molecule has 1 unspecified atom stereocenters. The van der Waals surface area contributed by atoms with Crippen LogP contribution in [0.4, 0.5) is 5.69 Å². The summed E-state index contributed by atoms with van der Waals surface area (Å²) in [5, 5.41) is 0. The Morgan fingerprint density at radius 3 is 2.48 bits per heavy atom. The number of nitrogen functional groups attached to an aromatic ring is 1. The zero-order valence-corrected chi connectivity index (χ0v) is 12.6. The normalized spacial score (nSPS) is 11.9. The number of amides is 1. The summed E-state index contributed by atoms with van der Waals surface area (Å²) in [7, 11) is 0. The van der Waals surface area contributed by atoms with E-state index in [1.54, 1.807) is 0 Å². The van der Waals surface area contributed by atoms with Gasteiger partial charge in [-0.2, -0.15) is 0 Å². The molecule has 0 saturated carbocycles. The Kier molecular flexibility index (Phi) is 4.99. The lowest BCUT2D eigenvalue weighted by molar-refractivity contribution is -0.132. The first kappa shape index (κ1) is 15.1. The minimum atomic E-state index is -0.183. The van der Waals surface area contributed by atoms with E-state index in [1.165, 1.54) is 0 Å². The summed E-state index contributed by atoms with van der Waals surface area (Å²) < 4.78 is 0. The molecule has 0 spiro atoms. The van der Waals surface area contributed by atoms with E-state index in [9.17, 15) is 4.79 Å². The molecule has 2 aromatic carbocycles. The van der Waals surface area contributed by atoms with Crippen LogP contribution in [-0.4, -0.2) is 17.4 Å². The number of rotatable bonds is 5. The number of nitrogens with two attached hydrogens (primary N) is 1. The second-order valence-corrected chi connectivity index (χ2v) is 5.23. The van der Waals surface area contributed by atoms with E-state index in [1.807, 2.05) is 73.3 Å². The second kappa shape index (κ2) is 6.93. The third-order valence-electron chi connectivity index (χ3n) is 3.69. The molecule has 0 fully saturated rings. The molecule has 21 heavy (non-hydrogen) atoms. The molecule has 3 nitrogen and oxygen atoms in total. The molecule has 0 radical (unpaired) electrons. The van der Waals surface area contributed by atoms with Crippen LogP contribution in [0.1, 0.15) is 30.9 Å². The Bertz CT molecular complexity index is 595. The van der Waals surface area contributed by atoms with Gasteiger partial charge in [0.25, 0.3) is 0 Å². The van der Waals surface area contributed by atoms with Crippen LogP contribution in [0.5, 0.6) is 0 Å². The highest BCUT2D eigenvalue weighted by Gasteiger charge is 2.21. The Morgan fingerprint density at radius 2 is 1.86 bits per heavy atom. The van der Waals surface area contributed by atoms with E-state index in [0.717, 1.165) is 11.1 Å². The van der Waals surface area contributed by atoms with Crippen LogP contribution < -0.4 is 5.73 Å². The fourth-order valence-electron chi connectivity index (χ4n) is 2.39. The van der Waals surface area contributed by atoms with Crippen molar-refractivity contribution in [3.8, 4) is 0 Å². The minimum Gasteiger partial charge on any atom is -0.399 e. The number of likely N-dealkylation sites (N-methyl/N-ethyl adjacent to an activating group) is 1. The smallest absolute Gasteiger partial charge is 0.230 e. The predicted octanol–water partition coefficient (Wildman–Crippen LogP) is 3.42. The molecule has 0 aliphatic carbocycles. The third kappa shape index (κ3) is 3.85. The van der Waals surface area contributed by atoms with Crippen LogP contribution >= 0.6 is 0 Å². The van der Waals surface area contributed by atoms with Crippen molar-refractivity contribution in [3.63, 3.8) is 0 Å². The number of anilines is 1. The maximum absolute atomic E-state index is 12.7. The Labute approximate surface area is 126 Å². The lowest BCUT2D eigenvalue weighted by atomic mass is 9.99. The van der Waals surface area contributed by atoms with Crippen LogP contribution in [0.15, 0.2) is 54.6 Å². The fourth-order valence-corrected chi connectivity index (χ4v) is 2.39. The summed E-state index contributed by atoms with van der Waals surface area (Å²) in [5.74, 6) is -0.0517. The highest BCUT2D eigenvalue weighted by Crippen LogP contribution is 2.21. The van der Waals surface area contributed by atoms with Gasteiger partial charge in [0.15, 0.2) is 0 Å². The molecular weight excluding hydrogens is 260 g/mol. The summed E-state index contributed by atoms with van der Waals surface area (Å²) in [6, 6.07) is 17.6. The van der Waals surface area contributed by atoms with E-state index < -0.39 is 0 Å². The monoisotopic (exact) mass is 282 g/mol. The van der Waals surface area contributed by atoms with Crippen LogP contribution in [0.3, 0.4) is 0 Å². The van der Waals surface area contributed by atoms with E-state index in [0.29, 0.717) is 18.8 Å². The van der Waals surface area contributed by atoms with Gasteiger partial charge in [-0.05, 0) is 37.1 Å². The first-order chi connectivity index (χ1) is 10.1. The molecule has 0 aliphatic rings. The van der Waals surface area contributed by atoms with E-state index in [-0.39, 0.29) is 11.8 Å². The Hall–Kier alpha value is -2.29. The van der Waals surface area contributed by atoms with Crippen molar-refractivity contribution < 1.29 is 4.79 Å². The first-order valence-corrected chi connectivity index (χ1v) is 7.30. The number of nitrogens with zero attached hydrogens (tertiary/aromatic N) is 1. The highest BCUT2D eigenvalue weighted by molar-refractivity contribution is 5.83. The molecule has 2 aromatic rings. The molecule has 2 rings (SSSR count). The molecule has 2 N–H and O–H groups in total. The standard InChI is InChI=1S/C18H22N2O/c1-3-20(13-15-8-5-4-6-9-15)18(21)14(2)16-10-7-11-17(19)12-16/h4-12,14H,3,13,19H2,1-2H3. The van der Waals surface area contributed by atoms with E-state index in [2.05, 4.69) is 0 Å². The van der Waals surface area contributed by atoms with Gasteiger partial charge in [-0.3, -0.25) is 4.79 Å². The maximum Gasteiger partial charge on any atom is 0.230 e. The number of benzene rings is 2. The largest absolute Gasteiger partial charge is 0.399 e. The SMILES string of the molecule is CCN(Cc1ccccc1)C(=O)C(C)c1cccc(N)c1. The Morgan fingerprint density at radius 1 is 1.14 bits per heavy atom. The number of hydrogen-bond donors (Lipinski definition) is 1. The molecule has 1 atom stereocenters. The molecule has 0 aromatic heterocycles. The van der Waals surface area contributed by atoms with Crippen molar-refractivity contribution in [2.24, 2.45) is 0 Å². The number of hydrogen-bond acceptors (Lipinski definition) is 2. The molecule has 1 amide bonds. The third-order valence-corrected chi connectivity index (χ3v) is 3.69. The fraction of sp³-hybridized carbons (Fsp3) is 0.278. The maximum atomic E-state index is 12.7. The van der Waals surface area contributed by atoms with Crippen molar-refractivity contribution in [2.75, 3.05) is 12.3 Å². The quantitative estimate of drug-likeness (QED) is 0.854. The number of carbonyl (C=O) groups is 1. The molecular formula is C18H22N2O. The molecule has 0 saturated heterocycles. The summed E-state index contributed by atoms with van der Waals surface area (Å²) >= 11 is 0. The van der Waals surface area contributed by atoms with Gasteiger partial charge in [0.05, 0.1) is 5.92 Å². The molecule has 110 valence electrons. The first-order valence-electron chi connectivity index (χ1n) is 7.30. The van der Waals surface area contributed by atoms with Crippen molar-refractivity contribution in [2.45, 2.75) is 26.3 Å².